The first-order valence-electron chi connectivity index (χ1n) is 11.0. The molecule has 0 unspecified atom stereocenters. The lowest BCUT2D eigenvalue weighted by atomic mass is 9.89. The van der Waals surface area contributed by atoms with E-state index in [1.807, 2.05) is 48.2 Å². The van der Waals surface area contributed by atoms with E-state index in [-0.39, 0.29) is 11.9 Å². The summed E-state index contributed by atoms with van der Waals surface area (Å²) in [6, 6.07) is 15.0. The van der Waals surface area contributed by atoms with Crippen LogP contribution in [0.1, 0.15) is 52.2 Å². The van der Waals surface area contributed by atoms with Crippen LogP contribution in [0.25, 0.3) is 0 Å². The van der Waals surface area contributed by atoms with Gasteiger partial charge in [0, 0.05) is 44.6 Å². The number of carbonyl (C=O) groups excluding carboxylic acids is 2. The molecule has 1 fully saturated rings. The van der Waals surface area contributed by atoms with Crippen LogP contribution < -0.4 is 10.6 Å². The van der Waals surface area contributed by atoms with Gasteiger partial charge in [-0.15, -0.1) is 0 Å². The van der Waals surface area contributed by atoms with E-state index in [2.05, 4.69) is 16.7 Å². The number of methoxy groups -OCH3 is 1. The second kappa shape index (κ2) is 11.3. The maximum Gasteiger partial charge on any atom is 0.319 e. The van der Waals surface area contributed by atoms with Crippen LogP contribution in [-0.2, 0) is 4.74 Å². The first-order valence-corrected chi connectivity index (χ1v) is 11.0. The number of nitrogens with one attached hydrogen (secondary N) is 2. The molecule has 3 amide bonds. The molecule has 1 saturated heterocycles. The molecule has 3 rings (SSSR count). The average Bonchev–Trinajstić information content (AvgIpc) is 2.83. The minimum Gasteiger partial charge on any atom is -0.385 e. The molecule has 2 aromatic carbocycles. The summed E-state index contributed by atoms with van der Waals surface area (Å²) in [6.07, 6.45) is 2.51. The quantitative estimate of drug-likeness (QED) is 0.643. The van der Waals surface area contributed by atoms with E-state index in [1.54, 1.807) is 13.2 Å². The summed E-state index contributed by atoms with van der Waals surface area (Å²) >= 11 is 0. The number of hydrogen-bond donors (Lipinski definition) is 2. The second-order valence-electron chi connectivity index (χ2n) is 8.06. The van der Waals surface area contributed by atoms with Gasteiger partial charge in [-0.2, -0.15) is 5.26 Å². The van der Waals surface area contributed by atoms with Crippen molar-refractivity contribution in [2.45, 2.75) is 32.1 Å². The molecular formula is C25H30N4O3. The lowest BCUT2D eigenvalue weighted by molar-refractivity contribution is 0.0713. The molecular weight excluding hydrogens is 404 g/mol. The molecule has 0 atom stereocenters. The SMILES string of the molecule is COCCCNC(=O)Nc1cc(C(=O)N2CCC(c3ccc(C#N)cc3)CC2)ccc1C. The minimum absolute atomic E-state index is 0.0215. The summed E-state index contributed by atoms with van der Waals surface area (Å²) in [5, 5.41) is 14.6. The van der Waals surface area contributed by atoms with Gasteiger partial charge in [-0.05, 0) is 67.5 Å². The fraction of sp³-hybridized carbons (Fsp3) is 0.400. The normalized spacial score (nSPS) is 14.0. The number of nitriles is 1. The monoisotopic (exact) mass is 434 g/mol. The highest BCUT2D eigenvalue weighted by Crippen LogP contribution is 2.29. The van der Waals surface area contributed by atoms with Crippen LogP contribution in [0.3, 0.4) is 0 Å². The molecule has 0 aliphatic carbocycles. The maximum atomic E-state index is 13.1. The number of amides is 3. The molecule has 32 heavy (non-hydrogen) atoms. The van der Waals surface area contributed by atoms with Crippen molar-refractivity contribution in [3.8, 4) is 6.07 Å². The first kappa shape index (κ1) is 23.3. The smallest absolute Gasteiger partial charge is 0.319 e. The van der Waals surface area contributed by atoms with Crippen molar-refractivity contribution in [2.75, 3.05) is 38.7 Å². The number of anilines is 1. The van der Waals surface area contributed by atoms with E-state index in [1.165, 1.54) is 5.56 Å². The third kappa shape index (κ3) is 6.08. The number of hydrogen-bond acceptors (Lipinski definition) is 4. The number of urea groups is 1. The van der Waals surface area contributed by atoms with E-state index in [4.69, 9.17) is 10.00 Å². The highest BCUT2D eigenvalue weighted by Gasteiger charge is 2.25. The van der Waals surface area contributed by atoms with Gasteiger partial charge in [0.15, 0.2) is 0 Å². The zero-order valence-corrected chi connectivity index (χ0v) is 18.7. The van der Waals surface area contributed by atoms with Crippen LogP contribution in [0.2, 0.25) is 0 Å². The number of nitrogens with zero attached hydrogens (tertiary/aromatic N) is 2. The van der Waals surface area contributed by atoms with Gasteiger partial charge in [-0.25, -0.2) is 4.79 Å². The Bertz CT molecular complexity index is 974. The highest BCUT2D eigenvalue weighted by molar-refractivity contribution is 5.97. The molecule has 168 valence electrons. The number of likely N-dealkylation sites (tertiary alicyclic amines) is 1. The third-order valence-corrected chi connectivity index (χ3v) is 5.84. The van der Waals surface area contributed by atoms with Gasteiger partial charge in [-0.3, -0.25) is 4.79 Å². The first-order chi connectivity index (χ1) is 15.5. The van der Waals surface area contributed by atoms with Crippen molar-refractivity contribution in [3.63, 3.8) is 0 Å². The Kier molecular flexibility index (Phi) is 8.23. The topological polar surface area (TPSA) is 94.5 Å². The van der Waals surface area contributed by atoms with E-state index < -0.39 is 0 Å². The Morgan fingerprint density at radius 2 is 1.88 bits per heavy atom. The van der Waals surface area contributed by atoms with Crippen molar-refractivity contribution < 1.29 is 14.3 Å². The standard InChI is InChI=1S/C25H30N4O3/c1-18-4-7-22(16-23(18)28-25(31)27-12-3-15-32-2)24(30)29-13-10-21(11-14-29)20-8-5-19(17-26)6-9-20/h4-9,16,21H,3,10-15H2,1-2H3,(H2,27,28,31). The van der Waals surface area contributed by atoms with E-state index in [0.717, 1.165) is 24.8 Å². The lowest BCUT2D eigenvalue weighted by Gasteiger charge is -2.32. The Morgan fingerprint density at radius 3 is 2.53 bits per heavy atom. The number of carbonyl (C=O) groups is 2. The Morgan fingerprint density at radius 1 is 1.16 bits per heavy atom. The predicted molar refractivity (Wildman–Crippen MR) is 124 cm³/mol. The number of benzene rings is 2. The van der Waals surface area contributed by atoms with Crippen molar-refractivity contribution in [3.05, 3.63) is 64.7 Å². The summed E-state index contributed by atoms with van der Waals surface area (Å²) in [5.74, 6) is 0.371. The zero-order valence-electron chi connectivity index (χ0n) is 18.7. The molecule has 7 nitrogen and oxygen atoms in total. The molecule has 1 aliphatic rings. The van der Waals surface area contributed by atoms with Gasteiger partial charge >= 0.3 is 6.03 Å². The van der Waals surface area contributed by atoms with E-state index in [0.29, 0.717) is 49.0 Å². The summed E-state index contributed by atoms with van der Waals surface area (Å²) in [5.41, 5.74) is 3.98. The molecule has 0 saturated carbocycles. The molecule has 7 heteroatoms. The van der Waals surface area contributed by atoms with Gasteiger partial charge in [-0.1, -0.05) is 18.2 Å². The fourth-order valence-corrected chi connectivity index (χ4v) is 3.90. The molecule has 1 aliphatic heterocycles. The summed E-state index contributed by atoms with van der Waals surface area (Å²) in [4.78, 5) is 27.1. The molecule has 2 N–H and O–H groups in total. The predicted octanol–water partition coefficient (Wildman–Crippen LogP) is 4.04. The largest absolute Gasteiger partial charge is 0.385 e. The zero-order chi connectivity index (χ0) is 22.9. The van der Waals surface area contributed by atoms with Crippen molar-refractivity contribution in [1.82, 2.24) is 10.2 Å². The Hall–Kier alpha value is -3.37. The number of aryl methyl sites for hydroxylation is 1. The second-order valence-corrected chi connectivity index (χ2v) is 8.06. The summed E-state index contributed by atoms with van der Waals surface area (Å²) in [7, 11) is 1.63. The molecule has 0 bridgehead atoms. The summed E-state index contributed by atoms with van der Waals surface area (Å²) < 4.78 is 4.98. The van der Waals surface area contributed by atoms with Gasteiger partial charge in [0.1, 0.15) is 0 Å². The maximum absolute atomic E-state index is 13.1. The van der Waals surface area contributed by atoms with Gasteiger partial charge in [0.05, 0.1) is 11.6 Å². The lowest BCUT2D eigenvalue weighted by Crippen LogP contribution is -2.38. The van der Waals surface area contributed by atoms with Crippen LogP contribution in [-0.4, -0.2) is 50.2 Å². The van der Waals surface area contributed by atoms with E-state index >= 15 is 0 Å². The molecule has 1 heterocycles. The molecule has 0 aromatic heterocycles. The molecule has 2 aromatic rings. The van der Waals surface area contributed by atoms with E-state index in [9.17, 15) is 9.59 Å². The average molecular weight is 435 g/mol. The summed E-state index contributed by atoms with van der Waals surface area (Å²) in [6.45, 7) is 4.37. The van der Waals surface area contributed by atoms with Crippen LogP contribution in [0.5, 0.6) is 0 Å². The Balaban J connectivity index is 1.57. The third-order valence-electron chi connectivity index (χ3n) is 5.84. The van der Waals surface area contributed by atoms with Gasteiger partial charge < -0.3 is 20.3 Å². The Labute approximate surface area is 189 Å². The minimum atomic E-state index is -0.294. The number of rotatable bonds is 7. The van der Waals surface area contributed by atoms with Crippen LogP contribution in [0, 0.1) is 18.3 Å². The molecule has 0 radical (unpaired) electrons. The number of piperidine rings is 1. The van der Waals surface area contributed by atoms with Crippen LogP contribution in [0.4, 0.5) is 10.5 Å². The van der Waals surface area contributed by atoms with Crippen LogP contribution >= 0.6 is 0 Å². The van der Waals surface area contributed by atoms with Gasteiger partial charge in [0.25, 0.3) is 5.91 Å². The van der Waals surface area contributed by atoms with Crippen LogP contribution in [0.15, 0.2) is 42.5 Å². The van der Waals surface area contributed by atoms with Crippen molar-refractivity contribution >= 4 is 17.6 Å². The fourth-order valence-electron chi connectivity index (χ4n) is 3.90. The van der Waals surface area contributed by atoms with Crippen molar-refractivity contribution in [2.24, 2.45) is 0 Å². The number of ether oxygens (including phenoxy) is 1. The highest BCUT2D eigenvalue weighted by atomic mass is 16.5. The van der Waals surface area contributed by atoms with Gasteiger partial charge in [0.2, 0.25) is 0 Å². The molecule has 0 spiro atoms. The van der Waals surface area contributed by atoms with Crippen molar-refractivity contribution in [1.29, 1.82) is 5.26 Å².